The van der Waals surface area contributed by atoms with Crippen molar-refractivity contribution in [1.29, 1.82) is 0 Å². The van der Waals surface area contributed by atoms with Gasteiger partial charge in [-0.05, 0) is 37.6 Å². The Morgan fingerprint density at radius 3 is 2.64 bits per heavy atom. The number of anilines is 2. The molecule has 0 spiro atoms. The molecule has 0 bridgehead atoms. The molecule has 1 aliphatic rings. The maximum Gasteiger partial charge on any atom is 0.273 e. The number of carbonyl (C=O) groups excluding carboxylic acids is 1. The molecule has 0 saturated carbocycles. The zero-order valence-electron chi connectivity index (χ0n) is 15.2. The van der Waals surface area contributed by atoms with E-state index in [9.17, 15) is 21.6 Å². The van der Waals surface area contributed by atoms with Crippen LogP contribution in [0, 0.1) is 0 Å². The number of fused-ring (bicyclic) bond motifs is 1. The Bertz CT molecular complexity index is 1080. The summed E-state index contributed by atoms with van der Waals surface area (Å²) in [4.78, 5) is 12.7. The van der Waals surface area contributed by atoms with E-state index in [2.05, 4.69) is 10.0 Å². The number of thiophene rings is 1. The maximum atomic E-state index is 13.2. The fraction of sp³-hybridized carbons (Fsp3) is 0.353. The molecule has 3 rings (SSSR count). The monoisotopic (exact) mass is 443 g/mol. The highest BCUT2D eigenvalue weighted by Crippen LogP contribution is 2.34. The predicted molar refractivity (Wildman–Crippen MR) is 110 cm³/mol. The van der Waals surface area contributed by atoms with Gasteiger partial charge < -0.3 is 5.32 Å². The zero-order chi connectivity index (χ0) is 20.4. The highest BCUT2D eigenvalue weighted by atomic mass is 32.2. The van der Waals surface area contributed by atoms with Gasteiger partial charge in [-0.1, -0.05) is 12.1 Å². The molecule has 1 amide bonds. The first-order valence-corrected chi connectivity index (χ1v) is 12.6. The average Bonchev–Trinajstić information content (AvgIpc) is 3.05. The summed E-state index contributed by atoms with van der Waals surface area (Å²) in [6.45, 7) is 1.81. The first kappa shape index (κ1) is 20.8. The van der Waals surface area contributed by atoms with Crippen LogP contribution in [-0.4, -0.2) is 41.6 Å². The van der Waals surface area contributed by atoms with Gasteiger partial charge in [-0.3, -0.25) is 9.10 Å². The summed E-state index contributed by atoms with van der Waals surface area (Å²) in [5.74, 6) is -0.238. The second-order valence-corrected chi connectivity index (χ2v) is 11.5. The molecule has 11 heteroatoms. The van der Waals surface area contributed by atoms with Crippen LogP contribution >= 0.6 is 11.3 Å². The summed E-state index contributed by atoms with van der Waals surface area (Å²) in [5, 5.41) is 2.72. The van der Waals surface area contributed by atoms with Gasteiger partial charge in [-0.25, -0.2) is 21.6 Å². The Morgan fingerprint density at radius 1 is 1.14 bits per heavy atom. The number of para-hydroxylation sites is 2. The topological polar surface area (TPSA) is 113 Å². The Morgan fingerprint density at radius 2 is 1.89 bits per heavy atom. The van der Waals surface area contributed by atoms with Gasteiger partial charge in [0.1, 0.15) is 4.21 Å². The van der Waals surface area contributed by atoms with Gasteiger partial charge in [0.05, 0.1) is 17.1 Å². The Balaban J connectivity index is 1.82. The number of rotatable bonds is 7. The average molecular weight is 444 g/mol. The van der Waals surface area contributed by atoms with Crippen molar-refractivity contribution in [2.24, 2.45) is 0 Å². The second-order valence-electron chi connectivity index (χ2n) is 6.16. The van der Waals surface area contributed by atoms with Crippen molar-refractivity contribution in [3.05, 3.63) is 41.3 Å². The van der Waals surface area contributed by atoms with Gasteiger partial charge in [-0.15, -0.1) is 11.3 Å². The molecular formula is C17H21N3O5S3. The lowest BCUT2D eigenvalue weighted by molar-refractivity contribution is -0.115. The summed E-state index contributed by atoms with van der Waals surface area (Å²) in [5.41, 5.74) is 0.887. The van der Waals surface area contributed by atoms with Crippen molar-refractivity contribution >= 4 is 48.7 Å². The van der Waals surface area contributed by atoms with Gasteiger partial charge in [0, 0.05) is 24.4 Å². The number of sulfonamides is 2. The third kappa shape index (κ3) is 4.54. The fourth-order valence-electron chi connectivity index (χ4n) is 2.75. The molecule has 1 aromatic heterocycles. The highest BCUT2D eigenvalue weighted by molar-refractivity contribution is 7.94. The Hall–Kier alpha value is -1.95. The Labute approximate surface area is 168 Å². The van der Waals surface area contributed by atoms with Crippen LogP contribution in [0.1, 0.15) is 18.2 Å². The van der Waals surface area contributed by atoms with Gasteiger partial charge >= 0.3 is 0 Å². The van der Waals surface area contributed by atoms with Crippen LogP contribution in [0.25, 0.3) is 0 Å². The number of carbonyl (C=O) groups is 1. The number of benzene rings is 1. The standard InChI is InChI=1S/C17H21N3O5S3/c1-2-27(22,23)18-11-9-13-7-8-17(26-13)28(24,25)20-12-10-16(21)19-14-5-3-4-6-15(14)20/h3-8,18H,2,9-12H2,1H3,(H,19,21). The molecule has 0 atom stereocenters. The number of nitrogens with one attached hydrogen (secondary N) is 2. The number of hydrogen-bond acceptors (Lipinski definition) is 6. The van der Waals surface area contributed by atoms with Crippen molar-refractivity contribution in [3.8, 4) is 0 Å². The first-order valence-electron chi connectivity index (χ1n) is 8.70. The first-order chi connectivity index (χ1) is 13.2. The van der Waals surface area contributed by atoms with Crippen molar-refractivity contribution < 1.29 is 21.6 Å². The van der Waals surface area contributed by atoms with Gasteiger partial charge in [0.2, 0.25) is 15.9 Å². The molecule has 0 saturated heterocycles. The van der Waals surface area contributed by atoms with Crippen LogP contribution in [0.2, 0.25) is 0 Å². The second kappa shape index (κ2) is 8.19. The summed E-state index contributed by atoms with van der Waals surface area (Å²) >= 11 is 1.10. The van der Waals surface area contributed by atoms with E-state index < -0.39 is 20.0 Å². The minimum atomic E-state index is -3.84. The highest BCUT2D eigenvalue weighted by Gasteiger charge is 2.30. The molecule has 0 unspecified atom stereocenters. The van der Waals surface area contributed by atoms with Gasteiger partial charge in [-0.2, -0.15) is 0 Å². The fourth-order valence-corrected chi connectivity index (χ4v) is 6.33. The van der Waals surface area contributed by atoms with Gasteiger partial charge in [0.15, 0.2) is 0 Å². The van der Waals surface area contributed by atoms with E-state index in [4.69, 9.17) is 0 Å². The molecule has 0 fully saturated rings. The van der Waals surface area contributed by atoms with Crippen LogP contribution < -0.4 is 14.3 Å². The normalized spacial score (nSPS) is 15.0. The van der Waals surface area contributed by atoms with Crippen LogP contribution in [-0.2, 0) is 31.3 Å². The maximum absolute atomic E-state index is 13.2. The van der Waals surface area contributed by atoms with E-state index >= 15 is 0 Å². The minimum Gasteiger partial charge on any atom is -0.324 e. The molecule has 0 radical (unpaired) electrons. The van der Waals surface area contributed by atoms with Crippen LogP contribution in [0.4, 0.5) is 11.4 Å². The summed E-state index contributed by atoms with van der Waals surface area (Å²) < 4.78 is 53.2. The lowest BCUT2D eigenvalue weighted by atomic mass is 10.2. The van der Waals surface area contributed by atoms with E-state index in [1.807, 2.05) is 0 Å². The third-order valence-electron chi connectivity index (χ3n) is 4.24. The summed E-state index contributed by atoms with van der Waals surface area (Å²) in [6, 6.07) is 9.99. The molecule has 1 aromatic carbocycles. The van der Waals surface area contributed by atoms with Crippen LogP contribution in [0.15, 0.2) is 40.6 Å². The van der Waals surface area contributed by atoms with E-state index in [0.29, 0.717) is 17.8 Å². The van der Waals surface area contributed by atoms with E-state index in [0.717, 1.165) is 16.2 Å². The SMILES string of the molecule is CCS(=O)(=O)NCCc1ccc(S(=O)(=O)N2CCC(=O)Nc3ccccc32)s1. The largest absolute Gasteiger partial charge is 0.324 e. The van der Waals surface area contributed by atoms with E-state index in [1.54, 1.807) is 37.3 Å². The molecular weight excluding hydrogens is 422 g/mol. The third-order valence-corrected chi connectivity index (χ3v) is 9.07. The lowest BCUT2D eigenvalue weighted by Crippen LogP contribution is -2.31. The van der Waals surface area contributed by atoms with Crippen molar-refractivity contribution in [2.45, 2.75) is 24.0 Å². The van der Waals surface area contributed by atoms with E-state index in [-0.39, 0.29) is 35.4 Å². The smallest absolute Gasteiger partial charge is 0.273 e. The van der Waals surface area contributed by atoms with Crippen molar-refractivity contribution in [1.82, 2.24) is 4.72 Å². The van der Waals surface area contributed by atoms with Crippen molar-refractivity contribution in [3.63, 3.8) is 0 Å². The molecule has 1 aliphatic heterocycles. The predicted octanol–water partition coefficient (Wildman–Crippen LogP) is 1.77. The summed E-state index contributed by atoms with van der Waals surface area (Å²) in [7, 11) is -7.12. The molecule has 8 nitrogen and oxygen atoms in total. The molecule has 2 N–H and O–H groups in total. The molecule has 28 heavy (non-hydrogen) atoms. The zero-order valence-corrected chi connectivity index (χ0v) is 17.7. The Kier molecular flexibility index (Phi) is 6.08. The molecule has 2 aromatic rings. The van der Waals surface area contributed by atoms with Crippen molar-refractivity contribution in [2.75, 3.05) is 28.5 Å². The van der Waals surface area contributed by atoms with Gasteiger partial charge in [0.25, 0.3) is 10.0 Å². The van der Waals surface area contributed by atoms with E-state index in [1.165, 1.54) is 10.4 Å². The van der Waals surface area contributed by atoms with Crippen LogP contribution in [0.5, 0.6) is 0 Å². The lowest BCUT2D eigenvalue weighted by Gasteiger charge is -2.22. The molecule has 152 valence electrons. The number of nitrogens with zero attached hydrogens (tertiary/aromatic N) is 1. The minimum absolute atomic E-state index is 0.00179. The molecule has 0 aliphatic carbocycles. The quantitative estimate of drug-likeness (QED) is 0.677. The molecule has 2 heterocycles. The summed E-state index contributed by atoms with van der Waals surface area (Å²) in [6.07, 6.45) is 0.459. The van der Waals surface area contributed by atoms with Crippen LogP contribution in [0.3, 0.4) is 0 Å². The number of hydrogen-bond donors (Lipinski definition) is 2. The number of amides is 1.